The number of nitrogens with one attached hydrogen (secondary N) is 1. The van der Waals surface area contributed by atoms with E-state index >= 15 is 0 Å². The molecule has 1 N–H and O–H groups in total. The highest BCUT2D eigenvalue weighted by molar-refractivity contribution is 6.32. The largest absolute Gasteiger partial charge is 0.495 e. The molecule has 1 amide bonds. The molecule has 0 saturated carbocycles. The molecule has 4 nitrogen and oxygen atoms in total. The van der Waals surface area contributed by atoms with E-state index in [1.54, 1.807) is 25.3 Å². The zero-order valence-electron chi connectivity index (χ0n) is 12.2. The Bertz CT molecular complexity index is 715. The number of methoxy groups -OCH3 is 1. The average Bonchev–Trinajstić information content (AvgIpc) is 2.95. The summed E-state index contributed by atoms with van der Waals surface area (Å²) in [6, 6.07) is 11.0. The molecule has 2 aromatic rings. The average molecular weight is 318 g/mol. The van der Waals surface area contributed by atoms with Crippen molar-refractivity contribution in [3.63, 3.8) is 0 Å². The number of benzene rings is 2. The molecule has 114 valence electrons. The lowest BCUT2D eigenvalue weighted by molar-refractivity contribution is -0.115. The molecule has 0 aliphatic carbocycles. The van der Waals surface area contributed by atoms with Crippen LogP contribution < -0.4 is 14.8 Å². The van der Waals surface area contributed by atoms with E-state index in [0.29, 0.717) is 22.9 Å². The number of carbonyl (C=O) groups excluding carboxylic acids is 1. The highest BCUT2D eigenvalue weighted by Gasteiger charge is 2.13. The summed E-state index contributed by atoms with van der Waals surface area (Å²) in [4.78, 5) is 12.1. The lowest BCUT2D eigenvalue weighted by atomic mass is 10.1. The Hall–Kier alpha value is -2.20. The van der Waals surface area contributed by atoms with Crippen molar-refractivity contribution in [1.82, 2.24) is 0 Å². The number of rotatable bonds is 4. The fourth-order valence-corrected chi connectivity index (χ4v) is 2.74. The zero-order valence-corrected chi connectivity index (χ0v) is 12.9. The van der Waals surface area contributed by atoms with E-state index in [1.165, 1.54) is 0 Å². The molecule has 1 heterocycles. The minimum Gasteiger partial charge on any atom is -0.495 e. The Morgan fingerprint density at radius 3 is 2.95 bits per heavy atom. The Morgan fingerprint density at radius 2 is 2.18 bits per heavy atom. The van der Waals surface area contributed by atoms with Crippen molar-refractivity contribution in [3.05, 3.63) is 52.5 Å². The third kappa shape index (κ3) is 3.17. The molecule has 22 heavy (non-hydrogen) atoms. The van der Waals surface area contributed by atoms with Crippen LogP contribution in [-0.4, -0.2) is 19.6 Å². The minimum atomic E-state index is -0.0832. The first-order chi connectivity index (χ1) is 10.7. The van der Waals surface area contributed by atoms with Crippen molar-refractivity contribution in [3.8, 4) is 11.5 Å². The summed E-state index contributed by atoms with van der Waals surface area (Å²) in [6.45, 7) is 0.718. The standard InChI is InChI=1S/C17H16ClNO3/c1-21-16-5-3-13(10-14(16)18)19-17(20)9-11-2-4-15-12(8-11)6-7-22-15/h2-5,8,10H,6-7,9H2,1H3,(H,19,20). The van der Waals surface area contributed by atoms with Crippen molar-refractivity contribution in [2.75, 3.05) is 19.0 Å². The minimum absolute atomic E-state index is 0.0832. The fourth-order valence-electron chi connectivity index (χ4n) is 2.48. The van der Waals surface area contributed by atoms with Crippen molar-refractivity contribution in [2.24, 2.45) is 0 Å². The maximum Gasteiger partial charge on any atom is 0.228 e. The van der Waals surface area contributed by atoms with Crippen molar-refractivity contribution >= 4 is 23.2 Å². The van der Waals surface area contributed by atoms with Crippen LogP contribution in [0.4, 0.5) is 5.69 Å². The van der Waals surface area contributed by atoms with Gasteiger partial charge >= 0.3 is 0 Å². The van der Waals surface area contributed by atoms with Gasteiger partial charge in [0.25, 0.3) is 0 Å². The Balaban J connectivity index is 1.66. The summed E-state index contributed by atoms with van der Waals surface area (Å²) in [5, 5.41) is 3.31. The van der Waals surface area contributed by atoms with Crippen LogP contribution in [0.3, 0.4) is 0 Å². The predicted molar refractivity (Wildman–Crippen MR) is 86.0 cm³/mol. The maximum absolute atomic E-state index is 12.1. The van der Waals surface area contributed by atoms with E-state index in [4.69, 9.17) is 21.1 Å². The predicted octanol–water partition coefficient (Wildman–Crippen LogP) is 3.46. The Morgan fingerprint density at radius 1 is 1.32 bits per heavy atom. The molecule has 1 aliphatic rings. The number of amides is 1. The van der Waals surface area contributed by atoms with Gasteiger partial charge in [-0.3, -0.25) is 4.79 Å². The molecular weight excluding hydrogens is 302 g/mol. The van der Waals surface area contributed by atoms with Crippen LogP contribution in [0.2, 0.25) is 5.02 Å². The van der Waals surface area contributed by atoms with Crippen LogP contribution in [0.5, 0.6) is 11.5 Å². The van der Waals surface area contributed by atoms with Gasteiger partial charge in [0.05, 0.1) is 25.2 Å². The second-order valence-electron chi connectivity index (χ2n) is 5.11. The molecule has 0 aromatic heterocycles. The first-order valence-electron chi connectivity index (χ1n) is 7.04. The van der Waals surface area contributed by atoms with E-state index in [0.717, 1.165) is 29.9 Å². The first-order valence-corrected chi connectivity index (χ1v) is 7.41. The van der Waals surface area contributed by atoms with Crippen LogP contribution >= 0.6 is 11.6 Å². The Kier molecular flexibility index (Phi) is 4.20. The number of carbonyl (C=O) groups is 1. The van der Waals surface area contributed by atoms with Crippen LogP contribution in [-0.2, 0) is 17.6 Å². The van der Waals surface area contributed by atoms with Gasteiger partial charge in [0.15, 0.2) is 0 Å². The van der Waals surface area contributed by atoms with Crippen LogP contribution in [0.25, 0.3) is 0 Å². The third-order valence-corrected chi connectivity index (χ3v) is 3.85. The molecule has 3 rings (SSSR count). The Labute approximate surface area is 134 Å². The van der Waals surface area contributed by atoms with E-state index < -0.39 is 0 Å². The number of anilines is 1. The third-order valence-electron chi connectivity index (χ3n) is 3.55. The molecule has 2 aromatic carbocycles. The number of hydrogen-bond donors (Lipinski definition) is 1. The summed E-state index contributed by atoms with van der Waals surface area (Å²) < 4.78 is 10.5. The molecular formula is C17H16ClNO3. The normalized spacial score (nSPS) is 12.5. The van der Waals surface area contributed by atoms with E-state index in [-0.39, 0.29) is 5.91 Å². The summed E-state index contributed by atoms with van der Waals surface area (Å²) in [5.74, 6) is 1.42. The van der Waals surface area contributed by atoms with Crippen LogP contribution in [0.15, 0.2) is 36.4 Å². The van der Waals surface area contributed by atoms with Crippen LogP contribution in [0, 0.1) is 0 Å². The fraction of sp³-hybridized carbons (Fsp3) is 0.235. The summed E-state index contributed by atoms with van der Waals surface area (Å²) in [5.41, 5.74) is 2.79. The lowest BCUT2D eigenvalue weighted by Gasteiger charge is -2.08. The molecule has 0 radical (unpaired) electrons. The number of hydrogen-bond acceptors (Lipinski definition) is 3. The molecule has 1 aliphatic heterocycles. The second kappa shape index (κ2) is 6.28. The number of halogens is 1. The monoisotopic (exact) mass is 317 g/mol. The highest BCUT2D eigenvalue weighted by atomic mass is 35.5. The SMILES string of the molecule is COc1ccc(NC(=O)Cc2ccc3c(c2)CCO3)cc1Cl. The second-order valence-corrected chi connectivity index (χ2v) is 5.52. The number of fused-ring (bicyclic) bond motifs is 1. The van der Waals surface area contributed by atoms with Gasteiger partial charge in [-0.15, -0.1) is 0 Å². The van der Waals surface area contributed by atoms with Gasteiger partial charge in [-0.25, -0.2) is 0 Å². The van der Waals surface area contributed by atoms with E-state index in [1.807, 2.05) is 18.2 Å². The molecule has 0 saturated heterocycles. The van der Waals surface area contributed by atoms with Crippen molar-refractivity contribution in [2.45, 2.75) is 12.8 Å². The molecule has 0 bridgehead atoms. The molecule has 0 unspecified atom stereocenters. The molecule has 0 fully saturated rings. The molecule has 5 heteroatoms. The summed E-state index contributed by atoms with van der Waals surface area (Å²) >= 11 is 6.05. The van der Waals surface area contributed by atoms with Gasteiger partial charge < -0.3 is 14.8 Å². The topological polar surface area (TPSA) is 47.6 Å². The van der Waals surface area contributed by atoms with Crippen LogP contribution in [0.1, 0.15) is 11.1 Å². The summed E-state index contributed by atoms with van der Waals surface area (Å²) in [7, 11) is 1.55. The highest BCUT2D eigenvalue weighted by Crippen LogP contribution is 2.28. The molecule has 0 spiro atoms. The van der Waals surface area contributed by atoms with Gasteiger partial charge in [-0.2, -0.15) is 0 Å². The van der Waals surface area contributed by atoms with Gasteiger partial charge in [0.1, 0.15) is 11.5 Å². The quantitative estimate of drug-likeness (QED) is 0.939. The smallest absolute Gasteiger partial charge is 0.228 e. The van der Waals surface area contributed by atoms with Gasteiger partial charge in [-0.05, 0) is 35.4 Å². The van der Waals surface area contributed by atoms with Crippen molar-refractivity contribution in [1.29, 1.82) is 0 Å². The van der Waals surface area contributed by atoms with E-state index in [9.17, 15) is 4.79 Å². The molecule has 0 atom stereocenters. The number of ether oxygens (including phenoxy) is 2. The van der Waals surface area contributed by atoms with Crippen molar-refractivity contribution < 1.29 is 14.3 Å². The van der Waals surface area contributed by atoms with Gasteiger partial charge in [-0.1, -0.05) is 23.7 Å². The van der Waals surface area contributed by atoms with E-state index in [2.05, 4.69) is 5.32 Å². The zero-order chi connectivity index (χ0) is 15.5. The summed E-state index contributed by atoms with van der Waals surface area (Å²) in [6.07, 6.45) is 1.22. The first kappa shape index (κ1) is 14.7. The van der Waals surface area contributed by atoms with Gasteiger partial charge in [0.2, 0.25) is 5.91 Å². The maximum atomic E-state index is 12.1. The van der Waals surface area contributed by atoms with Gasteiger partial charge in [0, 0.05) is 12.1 Å². The lowest BCUT2D eigenvalue weighted by Crippen LogP contribution is -2.14.